The summed E-state index contributed by atoms with van der Waals surface area (Å²) in [7, 11) is 1.60. The van der Waals surface area contributed by atoms with Crippen molar-refractivity contribution in [2.45, 2.75) is 112 Å². The molecule has 3 heteroatoms. The average Bonchev–Trinajstić information content (AvgIpc) is 2.79. The topological polar surface area (TPSA) is 46.5 Å². The summed E-state index contributed by atoms with van der Waals surface area (Å²) in [6, 6.07) is 0. The number of carbonyl (C=O) groups excluding carboxylic acids is 1. The standard InChI is InChI=1S/C31H50O3/c1-19-11-16-31(26(33)34-8)18-17-29(6)21(25(31)20(19)2)9-10-23-28(5)14-13-24(32)27(3,4)22(28)12-15-30(23,29)7/h9,19-20,22-25,32H,10-18H2,1-8H3/t19-,20+,22+,23-,24+,25-,28+,29-,30-,31+/m1/s1. The number of hydrogen-bond donors (Lipinski definition) is 1. The van der Waals surface area contributed by atoms with Gasteiger partial charge in [0.1, 0.15) is 0 Å². The fourth-order valence-corrected chi connectivity index (χ4v) is 11.0. The van der Waals surface area contributed by atoms with Gasteiger partial charge in [-0.1, -0.05) is 60.1 Å². The van der Waals surface area contributed by atoms with Crippen LogP contribution in [0, 0.1) is 56.7 Å². The van der Waals surface area contributed by atoms with Crippen molar-refractivity contribution >= 4 is 5.97 Å². The third-order valence-corrected chi connectivity index (χ3v) is 13.6. The molecule has 0 aliphatic heterocycles. The van der Waals surface area contributed by atoms with E-state index in [1.165, 1.54) is 12.8 Å². The van der Waals surface area contributed by atoms with E-state index in [1.807, 2.05) is 0 Å². The molecule has 0 unspecified atom stereocenters. The van der Waals surface area contributed by atoms with E-state index in [9.17, 15) is 9.90 Å². The minimum Gasteiger partial charge on any atom is -0.469 e. The largest absolute Gasteiger partial charge is 0.469 e. The van der Waals surface area contributed by atoms with E-state index in [0.717, 1.165) is 44.9 Å². The third-order valence-electron chi connectivity index (χ3n) is 13.6. The van der Waals surface area contributed by atoms with Crippen molar-refractivity contribution in [1.82, 2.24) is 0 Å². The smallest absolute Gasteiger partial charge is 0.312 e. The SMILES string of the molecule is COC(=O)[C@]12CC[C@@H](C)[C@H](C)[C@@H]1C1=CC[C@@H]3[C@@]4(C)CC[C@H](O)C(C)(C)[C@@H]4CC[C@@]3(C)[C@]1(C)CC2. The molecule has 0 bridgehead atoms. The first-order chi connectivity index (χ1) is 15.8. The molecule has 0 saturated heterocycles. The maximum absolute atomic E-state index is 13.4. The summed E-state index contributed by atoms with van der Waals surface area (Å²) in [5, 5.41) is 10.9. The molecule has 0 aromatic rings. The highest BCUT2D eigenvalue weighted by Crippen LogP contribution is 2.75. The minimum absolute atomic E-state index is 0.0147. The molecule has 5 aliphatic rings. The van der Waals surface area contributed by atoms with Crippen LogP contribution in [0.2, 0.25) is 0 Å². The predicted octanol–water partition coefficient (Wildman–Crippen LogP) is 7.18. The molecule has 10 atom stereocenters. The van der Waals surface area contributed by atoms with E-state index >= 15 is 0 Å². The second kappa shape index (κ2) is 7.59. The highest BCUT2D eigenvalue weighted by atomic mass is 16.5. The van der Waals surface area contributed by atoms with Crippen LogP contribution < -0.4 is 0 Å². The Balaban J connectivity index is 1.61. The van der Waals surface area contributed by atoms with Gasteiger partial charge in [-0.25, -0.2) is 0 Å². The molecule has 0 aromatic heterocycles. The number of aliphatic hydroxyl groups excluding tert-OH is 1. The Hall–Kier alpha value is -0.830. The molecule has 3 nitrogen and oxygen atoms in total. The van der Waals surface area contributed by atoms with Crippen LogP contribution in [0.15, 0.2) is 11.6 Å². The molecule has 0 spiro atoms. The zero-order chi connectivity index (χ0) is 24.9. The molecule has 5 rings (SSSR count). The number of methoxy groups -OCH3 is 1. The van der Waals surface area contributed by atoms with Crippen molar-refractivity contribution < 1.29 is 14.6 Å². The number of carbonyl (C=O) groups is 1. The van der Waals surface area contributed by atoms with Crippen LogP contribution in [-0.2, 0) is 9.53 Å². The Morgan fingerprint density at radius 1 is 0.941 bits per heavy atom. The first-order valence-electron chi connectivity index (χ1n) is 14.3. The summed E-state index contributed by atoms with van der Waals surface area (Å²) in [5.74, 6) is 2.73. The molecule has 4 saturated carbocycles. The quantitative estimate of drug-likeness (QED) is 0.326. The Bertz CT molecular complexity index is 889. The summed E-state index contributed by atoms with van der Waals surface area (Å²) in [4.78, 5) is 13.4. The van der Waals surface area contributed by atoms with E-state index in [2.05, 4.69) is 54.5 Å². The normalized spacial score (nSPS) is 54.0. The van der Waals surface area contributed by atoms with Gasteiger partial charge in [-0.05, 0) is 109 Å². The second-order valence-electron chi connectivity index (χ2n) is 14.7. The first kappa shape index (κ1) is 24.8. The number of rotatable bonds is 1. The van der Waals surface area contributed by atoms with Crippen LogP contribution in [0.25, 0.3) is 0 Å². The van der Waals surface area contributed by atoms with Gasteiger partial charge in [0.2, 0.25) is 0 Å². The maximum Gasteiger partial charge on any atom is 0.312 e. The van der Waals surface area contributed by atoms with Gasteiger partial charge in [0.05, 0.1) is 18.6 Å². The van der Waals surface area contributed by atoms with E-state index < -0.39 is 0 Å². The van der Waals surface area contributed by atoms with E-state index in [1.54, 1.807) is 12.7 Å². The lowest BCUT2D eigenvalue weighted by molar-refractivity contribution is -0.207. The van der Waals surface area contributed by atoms with Gasteiger partial charge in [-0.2, -0.15) is 0 Å². The predicted molar refractivity (Wildman–Crippen MR) is 137 cm³/mol. The molecule has 0 radical (unpaired) electrons. The van der Waals surface area contributed by atoms with Crippen molar-refractivity contribution in [2.75, 3.05) is 7.11 Å². The minimum atomic E-state index is -0.326. The number of esters is 1. The number of fused-ring (bicyclic) bond motifs is 7. The molecule has 1 N–H and O–H groups in total. The van der Waals surface area contributed by atoms with E-state index in [-0.39, 0.29) is 39.1 Å². The first-order valence-corrected chi connectivity index (χ1v) is 14.3. The number of ether oxygens (including phenoxy) is 1. The monoisotopic (exact) mass is 470 g/mol. The van der Waals surface area contributed by atoms with Gasteiger partial charge >= 0.3 is 5.97 Å². The molecule has 0 aromatic carbocycles. The maximum atomic E-state index is 13.4. The van der Waals surface area contributed by atoms with Crippen LogP contribution in [0.3, 0.4) is 0 Å². The van der Waals surface area contributed by atoms with Gasteiger partial charge < -0.3 is 9.84 Å². The zero-order valence-corrected chi connectivity index (χ0v) is 23.2. The van der Waals surface area contributed by atoms with Gasteiger partial charge in [0.25, 0.3) is 0 Å². The van der Waals surface area contributed by atoms with Crippen molar-refractivity contribution in [2.24, 2.45) is 56.7 Å². The molecule has 0 amide bonds. The summed E-state index contributed by atoms with van der Waals surface area (Å²) < 4.78 is 5.51. The van der Waals surface area contributed by atoms with Gasteiger partial charge in [-0.15, -0.1) is 0 Å². The summed E-state index contributed by atoms with van der Waals surface area (Å²) >= 11 is 0. The lowest BCUT2D eigenvalue weighted by Gasteiger charge is -2.71. The fourth-order valence-electron chi connectivity index (χ4n) is 11.0. The second-order valence-corrected chi connectivity index (χ2v) is 14.7. The molecule has 0 heterocycles. The van der Waals surface area contributed by atoms with Crippen molar-refractivity contribution in [1.29, 1.82) is 0 Å². The van der Waals surface area contributed by atoms with Crippen LogP contribution in [0.4, 0.5) is 0 Å². The number of aliphatic hydroxyl groups is 1. The molecule has 34 heavy (non-hydrogen) atoms. The fraction of sp³-hybridized carbons (Fsp3) is 0.903. The Labute approximate surface area is 208 Å². The van der Waals surface area contributed by atoms with Gasteiger partial charge in [0.15, 0.2) is 0 Å². The van der Waals surface area contributed by atoms with Crippen molar-refractivity contribution in [3.8, 4) is 0 Å². The Morgan fingerprint density at radius 2 is 1.65 bits per heavy atom. The third kappa shape index (κ3) is 2.83. The van der Waals surface area contributed by atoms with Crippen molar-refractivity contribution in [3.63, 3.8) is 0 Å². The highest BCUT2D eigenvalue weighted by molar-refractivity contribution is 5.78. The number of hydrogen-bond acceptors (Lipinski definition) is 3. The van der Waals surface area contributed by atoms with Crippen LogP contribution in [0.5, 0.6) is 0 Å². The molecule has 4 fully saturated rings. The lowest BCUT2D eigenvalue weighted by Crippen LogP contribution is -2.65. The highest BCUT2D eigenvalue weighted by Gasteiger charge is 2.69. The molecule has 5 aliphatic carbocycles. The van der Waals surface area contributed by atoms with Gasteiger partial charge in [-0.3, -0.25) is 4.79 Å². The van der Waals surface area contributed by atoms with Gasteiger partial charge in [0, 0.05) is 0 Å². The summed E-state index contributed by atoms with van der Waals surface area (Å²) in [5.41, 5.74) is 1.91. The number of allylic oxidation sites excluding steroid dienone is 2. The van der Waals surface area contributed by atoms with E-state index in [4.69, 9.17) is 4.74 Å². The summed E-state index contributed by atoms with van der Waals surface area (Å²) in [6.07, 6.45) is 12.3. The Kier molecular flexibility index (Phi) is 5.55. The molecular weight excluding hydrogens is 420 g/mol. The van der Waals surface area contributed by atoms with Crippen LogP contribution in [-0.4, -0.2) is 24.3 Å². The Morgan fingerprint density at radius 3 is 2.32 bits per heavy atom. The molecule has 192 valence electrons. The lowest BCUT2D eigenvalue weighted by atomic mass is 9.33. The van der Waals surface area contributed by atoms with Crippen LogP contribution in [0.1, 0.15) is 106 Å². The zero-order valence-electron chi connectivity index (χ0n) is 23.2. The van der Waals surface area contributed by atoms with Crippen LogP contribution >= 0.6 is 0 Å². The summed E-state index contributed by atoms with van der Waals surface area (Å²) in [6.45, 7) is 17.2. The molecular formula is C31H50O3. The average molecular weight is 471 g/mol. The van der Waals surface area contributed by atoms with E-state index in [0.29, 0.717) is 29.6 Å². The van der Waals surface area contributed by atoms with Crippen molar-refractivity contribution in [3.05, 3.63) is 11.6 Å².